The van der Waals surface area contributed by atoms with E-state index in [1.807, 2.05) is 0 Å². The molecule has 0 aromatic carbocycles. The molecule has 0 heterocycles. The van der Waals surface area contributed by atoms with Crippen LogP contribution in [0.4, 0.5) is 0 Å². The van der Waals surface area contributed by atoms with Crippen LogP contribution in [0.5, 0.6) is 0 Å². The van der Waals surface area contributed by atoms with Gasteiger partial charge in [0, 0.05) is 38.6 Å². The summed E-state index contributed by atoms with van der Waals surface area (Å²) in [5, 5.41) is 0. The van der Waals surface area contributed by atoms with E-state index in [-0.39, 0.29) is 38.6 Å². The van der Waals surface area contributed by atoms with Crippen molar-refractivity contribution in [2.45, 2.75) is 5.67 Å². The van der Waals surface area contributed by atoms with E-state index in [0.717, 1.165) is 5.67 Å². The number of allylic oxidation sites excluding steroid dienone is 12. The Labute approximate surface area is 147 Å². The van der Waals surface area contributed by atoms with E-state index >= 15 is 0 Å². The maximum absolute atomic E-state index is 2.40. The molecule has 3 aliphatic carbocycles. The number of hydrogen-bond acceptors (Lipinski definition) is 0. The van der Waals surface area contributed by atoms with Crippen LogP contribution >= 0.6 is 0 Å². The van der Waals surface area contributed by atoms with Crippen molar-refractivity contribution in [1.29, 1.82) is 0 Å². The summed E-state index contributed by atoms with van der Waals surface area (Å²) in [4.78, 5) is 0. The van der Waals surface area contributed by atoms with Crippen LogP contribution in [-0.4, -0.2) is 0 Å². The Kier molecular flexibility index (Phi) is 5.91. The van der Waals surface area contributed by atoms with Gasteiger partial charge in [-0.1, -0.05) is 0 Å². The van der Waals surface area contributed by atoms with Crippen LogP contribution in [0.3, 0.4) is 0 Å². The van der Waals surface area contributed by atoms with Gasteiger partial charge in [-0.05, 0) is 0 Å². The van der Waals surface area contributed by atoms with E-state index in [9.17, 15) is 0 Å². The van der Waals surface area contributed by atoms with Gasteiger partial charge in [-0.15, -0.1) is 0 Å². The van der Waals surface area contributed by atoms with E-state index in [4.69, 9.17) is 0 Å². The van der Waals surface area contributed by atoms with Gasteiger partial charge >= 0.3 is 111 Å². The quantitative estimate of drug-likeness (QED) is 0.527. The van der Waals surface area contributed by atoms with Gasteiger partial charge in [-0.25, -0.2) is 0 Å². The van der Waals surface area contributed by atoms with Crippen LogP contribution < -0.4 is 0 Å². The summed E-state index contributed by atoms with van der Waals surface area (Å²) < 4.78 is 2.24. The van der Waals surface area contributed by atoms with Gasteiger partial charge in [0.25, 0.3) is 0 Å². The minimum Gasteiger partial charge on any atom is 0 e. The molecule has 2 heteroatoms. The first-order valence-corrected chi connectivity index (χ1v) is 9.28. The summed E-state index contributed by atoms with van der Waals surface area (Å²) in [6.07, 6.45) is 27.7. The molecule has 0 nitrogen and oxygen atoms in total. The summed E-state index contributed by atoms with van der Waals surface area (Å²) in [7, 11) is 0. The number of rotatable bonds is 3. The minimum absolute atomic E-state index is 0. The van der Waals surface area contributed by atoms with Crippen molar-refractivity contribution in [1.82, 2.24) is 0 Å². The second-order valence-corrected chi connectivity index (χ2v) is 10.3. The van der Waals surface area contributed by atoms with Gasteiger partial charge in [-0.2, -0.15) is 0 Å². The molecule has 93 valence electrons. The van der Waals surface area contributed by atoms with Crippen molar-refractivity contribution in [3.8, 4) is 0 Å². The molecule has 0 bridgehead atoms. The Morgan fingerprint density at radius 3 is 0.941 bits per heavy atom. The predicted molar refractivity (Wildman–Crippen MR) is 66.1 cm³/mol. The molecule has 0 fully saturated rings. The first-order chi connectivity index (χ1) is 7.95. The zero-order chi connectivity index (χ0) is 10.8. The van der Waals surface area contributed by atoms with E-state index in [1.54, 1.807) is 0 Å². The fraction of sp³-hybridized carbons (Fsp3) is 0.200. The average Bonchev–Trinajstić information content (AvgIpc) is 3.02. The summed E-state index contributed by atoms with van der Waals surface area (Å²) in [5.41, 5.74) is 0. The monoisotopic (exact) mass is 513 g/mol. The molecule has 0 spiro atoms. The van der Waals surface area contributed by atoms with Gasteiger partial charge in [0.2, 0.25) is 0 Å². The maximum atomic E-state index is 2.40. The maximum Gasteiger partial charge on any atom is 0 e. The smallest absolute Gasteiger partial charge is 0 e. The topological polar surface area (TPSA) is 0 Å². The van der Waals surface area contributed by atoms with Crippen molar-refractivity contribution < 1.29 is 71.3 Å². The third kappa shape index (κ3) is 3.31. The third-order valence-corrected chi connectivity index (χ3v) is 10.2. The molecule has 0 aromatic rings. The molecule has 0 N–H and O–H groups in total. The second-order valence-electron chi connectivity index (χ2n) is 3.89. The Morgan fingerprint density at radius 1 is 0.471 bits per heavy atom. The summed E-state index contributed by atoms with van der Waals surface area (Å²) in [5.74, 6) is 0. The minimum atomic E-state index is -1.22. The first-order valence-electron chi connectivity index (χ1n) is 5.58. The summed E-state index contributed by atoms with van der Waals surface area (Å²) >= 11 is -1.22. The molecule has 0 aromatic heterocycles. The molecular weight excluding hydrogens is 498 g/mol. The summed E-state index contributed by atoms with van der Waals surface area (Å²) in [6.45, 7) is 0. The van der Waals surface area contributed by atoms with Crippen LogP contribution in [0.25, 0.3) is 0 Å². The molecule has 1 radical (unpaired) electrons. The van der Waals surface area contributed by atoms with Gasteiger partial charge < -0.3 is 0 Å². The third-order valence-electron chi connectivity index (χ3n) is 2.82. The SMILES string of the molecule is C1=C[CH]([Tb]([CH]2C=CC=C2)[CH]2C=CC=C2)C=C1.[Tb]. The fourth-order valence-electron chi connectivity index (χ4n) is 2.07. The predicted octanol–water partition coefficient (Wildman–Crippen LogP) is 4.35. The Bertz CT molecular complexity index is 335. The van der Waals surface area contributed by atoms with Gasteiger partial charge in [0.15, 0.2) is 0 Å². The van der Waals surface area contributed by atoms with E-state index in [0.29, 0.717) is 0 Å². The Balaban J connectivity index is 0.00000108. The Morgan fingerprint density at radius 2 is 0.706 bits per heavy atom. The fourth-order valence-corrected chi connectivity index (χ4v) is 9.20. The average molecular weight is 513 g/mol. The van der Waals surface area contributed by atoms with Crippen LogP contribution in [-0.2, 0) is 0 Å². The largest absolute Gasteiger partial charge is 0 e. The van der Waals surface area contributed by atoms with Crippen LogP contribution in [0.15, 0.2) is 72.9 Å². The van der Waals surface area contributed by atoms with Crippen LogP contribution in [0.1, 0.15) is 0 Å². The molecular formula is C15H15Tb2. The van der Waals surface area contributed by atoms with E-state index < -0.39 is 32.7 Å². The van der Waals surface area contributed by atoms with Crippen LogP contribution in [0, 0.1) is 71.3 Å². The second kappa shape index (κ2) is 6.97. The molecule has 3 rings (SSSR count). The van der Waals surface area contributed by atoms with E-state index in [1.165, 1.54) is 0 Å². The standard InChI is InChI=1S/3C5H5.2Tb/c3*1-2-4-5-3-1;;/h3*1-5H;;. The molecule has 0 amide bonds. The molecule has 0 atom stereocenters. The van der Waals surface area contributed by atoms with Gasteiger partial charge in [0.05, 0.1) is 0 Å². The van der Waals surface area contributed by atoms with Crippen molar-refractivity contribution in [3.63, 3.8) is 0 Å². The van der Waals surface area contributed by atoms with Crippen LogP contribution in [0.2, 0.25) is 5.67 Å². The van der Waals surface area contributed by atoms with Gasteiger partial charge in [-0.3, -0.25) is 0 Å². The van der Waals surface area contributed by atoms with Gasteiger partial charge in [0.1, 0.15) is 0 Å². The zero-order valence-corrected chi connectivity index (χ0v) is 13.6. The van der Waals surface area contributed by atoms with Crippen molar-refractivity contribution in [2.24, 2.45) is 0 Å². The number of hydrogen-bond donors (Lipinski definition) is 0. The van der Waals surface area contributed by atoms with Crippen molar-refractivity contribution >= 4 is 0 Å². The molecule has 0 saturated heterocycles. The first kappa shape index (κ1) is 14.4. The van der Waals surface area contributed by atoms with E-state index in [2.05, 4.69) is 72.9 Å². The summed E-state index contributed by atoms with van der Waals surface area (Å²) in [6, 6.07) is 0. The molecule has 17 heavy (non-hydrogen) atoms. The van der Waals surface area contributed by atoms with Crippen molar-refractivity contribution in [3.05, 3.63) is 72.9 Å². The van der Waals surface area contributed by atoms with Crippen molar-refractivity contribution in [2.75, 3.05) is 0 Å². The molecule has 0 aliphatic heterocycles. The zero-order valence-electron chi connectivity index (χ0n) is 9.33. The molecule has 3 aliphatic rings. The normalized spacial score (nSPS) is 22.9. The molecule has 0 saturated carbocycles. The Hall–Kier alpha value is 1.01. The molecule has 0 unspecified atom stereocenters.